The second-order valence-corrected chi connectivity index (χ2v) is 6.75. The molecule has 0 aliphatic carbocycles. The predicted molar refractivity (Wildman–Crippen MR) is 107 cm³/mol. The SMILES string of the molecule is CCCCc1nc(Cl)c(C(=O)OC)n1Cc1ccc(-n2cccc2C#N)cc1. The molecule has 0 saturated heterocycles. The fourth-order valence-electron chi connectivity index (χ4n) is 3.10. The van der Waals surface area contributed by atoms with Crippen LogP contribution in [0.5, 0.6) is 0 Å². The van der Waals surface area contributed by atoms with Crippen LogP contribution >= 0.6 is 11.6 Å². The van der Waals surface area contributed by atoms with Crippen LogP contribution in [0.2, 0.25) is 5.15 Å². The van der Waals surface area contributed by atoms with Crippen molar-refractivity contribution in [3.63, 3.8) is 0 Å². The largest absolute Gasteiger partial charge is 0.464 e. The minimum Gasteiger partial charge on any atom is -0.464 e. The number of nitrogens with zero attached hydrogens (tertiary/aromatic N) is 4. The zero-order valence-electron chi connectivity index (χ0n) is 15.9. The number of benzene rings is 1. The highest BCUT2D eigenvalue weighted by molar-refractivity contribution is 6.32. The molecule has 3 rings (SSSR count). The van der Waals surface area contributed by atoms with Crippen molar-refractivity contribution in [2.75, 3.05) is 7.11 Å². The van der Waals surface area contributed by atoms with Crippen molar-refractivity contribution in [2.24, 2.45) is 0 Å². The number of aryl methyl sites for hydroxylation is 1. The zero-order chi connectivity index (χ0) is 20.1. The van der Waals surface area contributed by atoms with Crippen molar-refractivity contribution < 1.29 is 9.53 Å². The van der Waals surface area contributed by atoms with Gasteiger partial charge in [-0.25, -0.2) is 9.78 Å². The smallest absolute Gasteiger partial charge is 0.357 e. The van der Waals surface area contributed by atoms with E-state index < -0.39 is 5.97 Å². The fraction of sp³-hybridized carbons (Fsp3) is 0.286. The Hall–Kier alpha value is -3.04. The molecule has 0 fully saturated rings. The minimum atomic E-state index is -0.497. The van der Waals surface area contributed by atoms with E-state index in [1.807, 2.05) is 45.7 Å². The molecule has 7 heteroatoms. The average molecular weight is 397 g/mol. The van der Waals surface area contributed by atoms with Crippen LogP contribution in [0.3, 0.4) is 0 Å². The Morgan fingerprint density at radius 2 is 2.04 bits per heavy atom. The van der Waals surface area contributed by atoms with Gasteiger partial charge in [-0.05, 0) is 36.2 Å². The Balaban J connectivity index is 1.92. The number of hydrogen-bond acceptors (Lipinski definition) is 4. The van der Waals surface area contributed by atoms with Crippen molar-refractivity contribution in [3.05, 3.63) is 70.5 Å². The number of imidazole rings is 1. The Morgan fingerprint density at radius 3 is 2.68 bits per heavy atom. The Kier molecular flexibility index (Phi) is 6.17. The number of carbonyl (C=O) groups is 1. The number of ether oxygens (including phenoxy) is 1. The maximum absolute atomic E-state index is 12.2. The molecule has 2 aromatic heterocycles. The molecule has 144 valence electrons. The lowest BCUT2D eigenvalue weighted by Crippen LogP contribution is -2.14. The van der Waals surface area contributed by atoms with Crippen LogP contribution < -0.4 is 0 Å². The summed E-state index contributed by atoms with van der Waals surface area (Å²) in [4.78, 5) is 16.6. The number of methoxy groups -OCH3 is 1. The molecule has 1 aromatic carbocycles. The highest BCUT2D eigenvalue weighted by Crippen LogP contribution is 2.22. The van der Waals surface area contributed by atoms with Gasteiger partial charge in [0.15, 0.2) is 10.8 Å². The summed E-state index contributed by atoms with van der Waals surface area (Å²) in [5, 5.41) is 9.36. The van der Waals surface area contributed by atoms with Gasteiger partial charge in [0.05, 0.1) is 7.11 Å². The van der Waals surface area contributed by atoms with Crippen molar-refractivity contribution in [2.45, 2.75) is 32.7 Å². The van der Waals surface area contributed by atoms with E-state index in [4.69, 9.17) is 16.3 Å². The quantitative estimate of drug-likeness (QED) is 0.555. The van der Waals surface area contributed by atoms with Crippen molar-refractivity contribution in [3.8, 4) is 11.8 Å². The van der Waals surface area contributed by atoms with Crippen LogP contribution in [0.25, 0.3) is 5.69 Å². The molecule has 0 spiro atoms. The van der Waals surface area contributed by atoms with E-state index in [1.165, 1.54) is 7.11 Å². The van der Waals surface area contributed by atoms with Crippen molar-refractivity contribution in [1.29, 1.82) is 5.26 Å². The number of halogens is 1. The first-order valence-electron chi connectivity index (χ1n) is 9.09. The lowest BCUT2D eigenvalue weighted by Gasteiger charge is -2.12. The summed E-state index contributed by atoms with van der Waals surface area (Å²) in [6, 6.07) is 13.6. The molecule has 6 nitrogen and oxygen atoms in total. The first kappa shape index (κ1) is 19.7. The molecule has 0 saturated carbocycles. The summed E-state index contributed by atoms with van der Waals surface area (Å²) >= 11 is 6.23. The normalized spacial score (nSPS) is 10.6. The number of unbranched alkanes of at least 4 members (excludes halogenated alkanes) is 1. The molecule has 0 bridgehead atoms. The third-order valence-electron chi connectivity index (χ3n) is 4.56. The Labute approximate surface area is 168 Å². The Morgan fingerprint density at radius 1 is 1.29 bits per heavy atom. The van der Waals surface area contributed by atoms with Crippen LogP contribution in [0.4, 0.5) is 0 Å². The number of rotatable bonds is 7. The van der Waals surface area contributed by atoms with E-state index in [0.717, 1.165) is 36.3 Å². The molecule has 0 radical (unpaired) electrons. The van der Waals surface area contributed by atoms with Gasteiger partial charge in [-0.1, -0.05) is 37.1 Å². The number of carbonyl (C=O) groups excluding carboxylic acids is 1. The highest BCUT2D eigenvalue weighted by atomic mass is 35.5. The van der Waals surface area contributed by atoms with Gasteiger partial charge in [0.1, 0.15) is 17.6 Å². The van der Waals surface area contributed by atoms with Gasteiger partial charge in [0.25, 0.3) is 0 Å². The van der Waals surface area contributed by atoms with E-state index in [9.17, 15) is 10.1 Å². The van der Waals surface area contributed by atoms with Crippen LogP contribution in [0, 0.1) is 11.3 Å². The summed E-state index contributed by atoms with van der Waals surface area (Å²) in [6.45, 7) is 2.56. The third-order valence-corrected chi connectivity index (χ3v) is 4.82. The zero-order valence-corrected chi connectivity index (χ0v) is 16.6. The molecular weight excluding hydrogens is 376 g/mol. The van der Waals surface area contributed by atoms with E-state index in [-0.39, 0.29) is 10.8 Å². The second-order valence-electron chi connectivity index (χ2n) is 6.39. The molecule has 0 atom stereocenters. The van der Waals surface area contributed by atoms with E-state index in [0.29, 0.717) is 12.2 Å². The fourth-order valence-corrected chi connectivity index (χ4v) is 3.37. The van der Waals surface area contributed by atoms with Gasteiger partial charge in [-0.2, -0.15) is 5.26 Å². The average Bonchev–Trinajstić information content (AvgIpc) is 3.30. The van der Waals surface area contributed by atoms with Gasteiger partial charge in [-0.3, -0.25) is 0 Å². The third kappa shape index (κ3) is 3.95. The monoisotopic (exact) mass is 396 g/mol. The van der Waals surface area contributed by atoms with Gasteiger partial charge in [0, 0.05) is 24.8 Å². The van der Waals surface area contributed by atoms with Gasteiger partial charge >= 0.3 is 5.97 Å². The summed E-state index contributed by atoms with van der Waals surface area (Å²) in [7, 11) is 1.33. The molecule has 28 heavy (non-hydrogen) atoms. The van der Waals surface area contributed by atoms with Gasteiger partial charge in [0.2, 0.25) is 0 Å². The summed E-state index contributed by atoms with van der Waals surface area (Å²) in [6.07, 6.45) is 4.56. The number of aromatic nitrogens is 3. The van der Waals surface area contributed by atoms with Crippen molar-refractivity contribution in [1.82, 2.24) is 14.1 Å². The number of esters is 1. The first-order chi connectivity index (χ1) is 13.6. The molecule has 0 aliphatic rings. The highest BCUT2D eigenvalue weighted by Gasteiger charge is 2.22. The second kappa shape index (κ2) is 8.77. The number of hydrogen-bond donors (Lipinski definition) is 0. The van der Waals surface area contributed by atoms with Gasteiger partial charge in [-0.15, -0.1) is 0 Å². The van der Waals surface area contributed by atoms with Crippen LogP contribution in [0.1, 0.15) is 47.3 Å². The lowest BCUT2D eigenvalue weighted by atomic mass is 10.2. The minimum absolute atomic E-state index is 0.167. The summed E-state index contributed by atoms with van der Waals surface area (Å²) < 4.78 is 8.54. The molecule has 3 aromatic rings. The molecule has 0 unspecified atom stereocenters. The van der Waals surface area contributed by atoms with E-state index in [1.54, 1.807) is 6.07 Å². The predicted octanol–water partition coefficient (Wildman–Crippen LogP) is 4.38. The standard InChI is InChI=1S/C21H21ClN4O2/c1-3-4-7-18-24-20(22)19(21(27)28-2)26(18)14-15-8-10-16(11-9-15)25-12-5-6-17(25)13-23/h5-6,8-12H,3-4,7,14H2,1-2H3. The summed E-state index contributed by atoms with van der Waals surface area (Å²) in [5.74, 6) is 0.274. The first-order valence-corrected chi connectivity index (χ1v) is 9.46. The molecule has 0 N–H and O–H groups in total. The molecule has 0 aliphatic heterocycles. The van der Waals surface area contributed by atoms with Crippen LogP contribution in [0.15, 0.2) is 42.6 Å². The van der Waals surface area contributed by atoms with Crippen LogP contribution in [-0.4, -0.2) is 27.2 Å². The summed E-state index contributed by atoms with van der Waals surface area (Å²) in [5.41, 5.74) is 2.74. The molecule has 2 heterocycles. The van der Waals surface area contributed by atoms with Gasteiger partial charge < -0.3 is 13.9 Å². The molecule has 0 amide bonds. The molecular formula is C21H21ClN4O2. The number of nitriles is 1. The van der Waals surface area contributed by atoms with E-state index in [2.05, 4.69) is 18.0 Å². The maximum Gasteiger partial charge on any atom is 0.357 e. The van der Waals surface area contributed by atoms with Crippen LogP contribution in [-0.2, 0) is 17.7 Å². The van der Waals surface area contributed by atoms with Crippen molar-refractivity contribution >= 4 is 17.6 Å². The topological polar surface area (TPSA) is 72.8 Å². The lowest BCUT2D eigenvalue weighted by molar-refractivity contribution is 0.0589. The Bertz CT molecular complexity index is 1010. The maximum atomic E-state index is 12.2. The van der Waals surface area contributed by atoms with E-state index >= 15 is 0 Å².